The summed E-state index contributed by atoms with van der Waals surface area (Å²) >= 11 is 0. The zero-order valence-corrected chi connectivity index (χ0v) is 9.63. The molecule has 7 N–H and O–H groups in total. The number of rotatable bonds is 4. The Morgan fingerprint density at radius 2 is 1.72 bits per heavy atom. The average Bonchev–Trinajstić information content (AvgIpc) is 2.28. The van der Waals surface area contributed by atoms with Crippen molar-refractivity contribution >= 4 is 17.9 Å². The van der Waals surface area contributed by atoms with Crippen LogP contribution in [0.25, 0.3) is 0 Å². The lowest BCUT2D eigenvalue weighted by molar-refractivity contribution is -0.140. The molecule has 0 spiro atoms. The van der Waals surface area contributed by atoms with Crippen molar-refractivity contribution in [1.82, 2.24) is 4.90 Å². The summed E-state index contributed by atoms with van der Waals surface area (Å²) in [6.45, 7) is 0. The third kappa shape index (κ3) is 3.21. The molecule has 1 aromatic rings. The lowest BCUT2D eigenvalue weighted by atomic mass is 10.1. The minimum atomic E-state index is -1.19. The monoisotopic (exact) mass is 249 g/mol. The lowest BCUT2D eigenvalue weighted by Crippen LogP contribution is -2.54. The second-order valence-corrected chi connectivity index (χ2v) is 3.68. The molecule has 18 heavy (non-hydrogen) atoms. The lowest BCUT2D eigenvalue weighted by Gasteiger charge is -2.27. The zero-order valence-electron chi connectivity index (χ0n) is 9.63. The van der Waals surface area contributed by atoms with Crippen molar-refractivity contribution < 1.29 is 9.90 Å². The molecule has 0 aromatic heterocycles. The Bertz CT molecular complexity index is 446. The third-order valence-corrected chi connectivity index (χ3v) is 2.39. The van der Waals surface area contributed by atoms with Crippen LogP contribution in [0.5, 0.6) is 0 Å². The van der Waals surface area contributed by atoms with Crippen LogP contribution in [0.4, 0.5) is 0 Å². The molecule has 0 aliphatic carbocycles. The second-order valence-electron chi connectivity index (χ2n) is 3.68. The minimum absolute atomic E-state index is 0.106. The Morgan fingerprint density at radius 3 is 2.11 bits per heavy atom. The Hall–Kier alpha value is -2.57. The van der Waals surface area contributed by atoms with Gasteiger partial charge in [0.1, 0.15) is 6.04 Å². The van der Waals surface area contributed by atoms with Gasteiger partial charge in [0, 0.05) is 6.42 Å². The van der Waals surface area contributed by atoms with Gasteiger partial charge in [0.05, 0.1) is 0 Å². The fourth-order valence-electron chi connectivity index (χ4n) is 1.59. The molecule has 1 atom stereocenters. The number of nitrogens with two attached hydrogens (primary N) is 2. The molecule has 0 aliphatic heterocycles. The molecule has 1 aromatic carbocycles. The van der Waals surface area contributed by atoms with E-state index >= 15 is 0 Å². The molecule has 0 aliphatic rings. The maximum Gasteiger partial charge on any atom is 0.327 e. The van der Waals surface area contributed by atoms with Gasteiger partial charge in [0.15, 0.2) is 11.9 Å². The van der Waals surface area contributed by atoms with Crippen LogP contribution in [0.15, 0.2) is 30.3 Å². The van der Waals surface area contributed by atoms with E-state index < -0.39 is 23.9 Å². The number of carboxylic acids is 1. The first kappa shape index (κ1) is 13.5. The summed E-state index contributed by atoms with van der Waals surface area (Å²) in [5.74, 6) is -2.32. The van der Waals surface area contributed by atoms with Gasteiger partial charge in [-0.05, 0) is 5.56 Å². The van der Waals surface area contributed by atoms with Crippen molar-refractivity contribution in [2.45, 2.75) is 12.5 Å². The minimum Gasteiger partial charge on any atom is -0.480 e. The average molecular weight is 249 g/mol. The van der Waals surface area contributed by atoms with Crippen LogP contribution >= 0.6 is 0 Å². The normalized spacial score (nSPS) is 11.6. The standard InChI is InChI=1S/C11H15N5O2/c12-10(13)16(11(14)15)8(9(17)18)6-7-4-2-1-3-5-7/h1-5,8H,6H2,(H3,12,13)(H3,14,15)(H,17,18). The Kier molecular flexibility index (Phi) is 4.25. The van der Waals surface area contributed by atoms with Gasteiger partial charge in [-0.15, -0.1) is 0 Å². The molecule has 0 saturated carbocycles. The molecule has 0 radical (unpaired) electrons. The van der Waals surface area contributed by atoms with E-state index in [-0.39, 0.29) is 6.42 Å². The van der Waals surface area contributed by atoms with Crippen molar-refractivity contribution in [3.05, 3.63) is 35.9 Å². The summed E-state index contributed by atoms with van der Waals surface area (Å²) in [6.07, 6.45) is 0.106. The predicted octanol–water partition coefficient (Wildman–Crippen LogP) is -0.229. The molecule has 7 nitrogen and oxygen atoms in total. The van der Waals surface area contributed by atoms with Gasteiger partial charge in [0.25, 0.3) is 0 Å². The SMILES string of the molecule is N=C(N)N(C(=N)N)C(Cc1ccccc1)C(=O)O. The van der Waals surface area contributed by atoms with Crippen molar-refractivity contribution in [2.24, 2.45) is 11.5 Å². The van der Waals surface area contributed by atoms with E-state index in [0.717, 1.165) is 10.5 Å². The maximum absolute atomic E-state index is 11.2. The number of nitrogens with one attached hydrogen (secondary N) is 2. The van der Waals surface area contributed by atoms with E-state index in [4.69, 9.17) is 27.4 Å². The largest absolute Gasteiger partial charge is 0.480 e. The molecule has 1 rings (SSSR count). The molecular formula is C11H15N5O2. The fourth-order valence-corrected chi connectivity index (χ4v) is 1.59. The van der Waals surface area contributed by atoms with Crippen LogP contribution < -0.4 is 11.5 Å². The highest BCUT2D eigenvalue weighted by Crippen LogP contribution is 2.09. The van der Waals surface area contributed by atoms with E-state index in [2.05, 4.69) is 0 Å². The van der Waals surface area contributed by atoms with Crippen molar-refractivity contribution in [3.63, 3.8) is 0 Å². The predicted molar refractivity (Wildman–Crippen MR) is 67.2 cm³/mol. The summed E-state index contributed by atoms with van der Waals surface area (Å²) in [7, 11) is 0. The summed E-state index contributed by atoms with van der Waals surface area (Å²) in [5.41, 5.74) is 11.3. The number of guanidine groups is 2. The molecule has 0 bridgehead atoms. The Morgan fingerprint density at radius 1 is 1.22 bits per heavy atom. The number of benzene rings is 1. The van der Waals surface area contributed by atoms with Gasteiger partial charge in [-0.1, -0.05) is 30.3 Å². The molecule has 0 saturated heterocycles. The smallest absolute Gasteiger partial charge is 0.327 e. The third-order valence-electron chi connectivity index (χ3n) is 2.39. The second kappa shape index (κ2) is 5.67. The number of aliphatic carboxylic acids is 1. The van der Waals surface area contributed by atoms with Crippen LogP contribution in [-0.4, -0.2) is 33.9 Å². The topological polar surface area (TPSA) is 140 Å². The highest BCUT2D eigenvalue weighted by Gasteiger charge is 2.29. The first-order valence-corrected chi connectivity index (χ1v) is 5.17. The number of hydrogen-bond donors (Lipinski definition) is 5. The molecule has 7 heteroatoms. The number of carboxylic acid groups (broad SMARTS) is 1. The van der Waals surface area contributed by atoms with E-state index in [1.807, 2.05) is 6.07 Å². The van der Waals surface area contributed by atoms with Crippen molar-refractivity contribution in [1.29, 1.82) is 10.8 Å². The Labute approximate surface area is 104 Å². The van der Waals surface area contributed by atoms with Gasteiger partial charge in [-0.2, -0.15) is 0 Å². The number of nitrogens with zero attached hydrogens (tertiary/aromatic N) is 1. The highest BCUT2D eigenvalue weighted by atomic mass is 16.4. The Balaban J connectivity index is 2.99. The fraction of sp³-hybridized carbons (Fsp3) is 0.182. The molecule has 1 unspecified atom stereocenters. The molecular weight excluding hydrogens is 234 g/mol. The number of carbonyl (C=O) groups is 1. The summed E-state index contributed by atoms with van der Waals surface area (Å²) in [6, 6.07) is 7.72. The molecule has 96 valence electrons. The quantitative estimate of drug-likeness (QED) is 0.370. The first-order valence-electron chi connectivity index (χ1n) is 5.17. The zero-order chi connectivity index (χ0) is 13.7. The van der Waals surface area contributed by atoms with Crippen LogP contribution in [0, 0.1) is 10.8 Å². The van der Waals surface area contributed by atoms with Gasteiger partial charge in [-0.25, -0.2) is 4.79 Å². The van der Waals surface area contributed by atoms with E-state index in [0.29, 0.717) is 0 Å². The van der Waals surface area contributed by atoms with Gasteiger partial charge in [0.2, 0.25) is 0 Å². The molecule has 0 amide bonds. The highest BCUT2D eigenvalue weighted by molar-refractivity contribution is 5.98. The van der Waals surface area contributed by atoms with E-state index in [1.165, 1.54) is 0 Å². The van der Waals surface area contributed by atoms with Gasteiger partial charge >= 0.3 is 5.97 Å². The first-order chi connectivity index (χ1) is 8.43. The van der Waals surface area contributed by atoms with Crippen LogP contribution in [0.1, 0.15) is 5.56 Å². The summed E-state index contributed by atoms with van der Waals surface area (Å²) < 4.78 is 0. The van der Waals surface area contributed by atoms with Crippen LogP contribution in [-0.2, 0) is 11.2 Å². The van der Waals surface area contributed by atoms with Gasteiger partial charge < -0.3 is 16.6 Å². The van der Waals surface area contributed by atoms with E-state index in [9.17, 15) is 4.79 Å². The van der Waals surface area contributed by atoms with Crippen LogP contribution in [0.3, 0.4) is 0 Å². The van der Waals surface area contributed by atoms with Gasteiger partial charge in [-0.3, -0.25) is 15.7 Å². The number of hydrogen-bond acceptors (Lipinski definition) is 3. The maximum atomic E-state index is 11.2. The summed E-state index contributed by atoms with van der Waals surface area (Å²) in [5, 5.41) is 23.7. The van der Waals surface area contributed by atoms with Crippen molar-refractivity contribution in [2.75, 3.05) is 0 Å². The van der Waals surface area contributed by atoms with E-state index in [1.54, 1.807) is 24.3 Å². The molecule has 0 fully saturated rings. The summed E-state index contributed by atoms with van der Waals surface area (Å²) in [4.78, 5) is 12.0. The van der Waals surface area contributed by atoms with Crippen molar-refractivity contribution in [3.8, 4) is 0 Å². The molecule has 0 heterocycles. The van der Waals surface area contributed by atoms with Crippen LogP contribution in [0.2, 0.25) is 0 Å².